The molecule has 0 aliphatic rings. The summed E-state index contributed by atoms with van der Waals surface area (Å²) in [5.74, 6) is -0.872. The number of urea groups is 1. The Bertz CT molecular complexity index is 530. The van der Waals surface area contributed by atoms with Crippen molar-refractivity contribution in [1.82, 2.24) is 5.32 Å². The van der Waals surface area contributed by atoms with Gasteiger partial charge in [-0.05, 0) is 25.1 Å². The monoisotopic (exact) mass is 261 g/mol. The largest absolute Gasteiger partial charge is 0.338 e. The highest BCUT2D eigenvalue weighted by molar-refractivity contribution is 7.89. The highest BCUT2D eigenvalue weighted by Crippen LogP contribution is 2.17. The molecule has 0 bridgehead atoms. The first-order valence-electron chi connectivity index (χ1n) is 4.71. The van der Waals surface area contributed by atoms with Gasteiger partial charge in [-0.3, -0.25) is 0 Å². The summed E-state index contributed by atoms with van der Waals surface area (Å²) in [6.07, 6.45) is 0. The van der Waals surface area contributed by atoms with Gasteiger partial charge in [0.15, 0.2) is 0 Å². The first-order valence-corrected chi connectivity index (χ1v) is 6.26. The predicted molar refractivity (Wildman–Crippen MR) is 60.5 cm³/mol. The van der Waals surface area contributed by atoms with Crippen molar-refractivity contribution in [3.05, 3.63) is 24.0 Å². The summed E-state index contributed by atoms with van der Waals surface area (Å²) in [6, 6.07) is 2.41. The molecule has 1 aromatic rings. The van der Waals surface area contributed by atoms with E-state index in [1.807, 2.05) is 0 Å². The molecule has 0 aliphatic heterocycles. The minimum absolute atomic E-state index is 0.122. The van der Waals surface area contributed by atoms with Crippen LogP contribution in [0.5, 0.6) is 0 Å². The van der Waals surface area contributed by atoms with E-state index in [1.54, 1.807) is 6.92 Å². The predicted octanol–water partition coefficient (Wildman–Crippen LogP) is 0.615. The Morgan fingerprint density at radius 2 is 2.12 bits per heavy atom. The number of hydrogen-bond acceptors (Lipinski definition) is 3. The number of primary sulfonamides is 1. The Kier molecular flexibility index (Phi) is 4.02. The van der Waals surface area contributed by atoms with Gasteiger partial charge in [-0.1, -0.05) is 0 Å². The SMILES string of the molecule is CCNC(=O)Nc1ccc(S(N)(=O)=O)cc1F. The van der Waals surface area contributed by atoms with Crippen LogP contribution in [0.4, 0.5) is 14.9 Å². The van der Waals surface area contributed by atoms with E-state index in [0.29, 0.717) is 6.54 Å². The van der Waals surface area contributed by atoms with E-state index in [9.17, 15) is 17.6 Å². The fraction of sp³-hybridized carbons (Fsp3) is 0.222. The first kappa shape index (κ1) is 13.4. The van der Waals surface area contributed by atoms with Gasteiger partial charge in [0.25, 0.3) is 0 Å². The van der Waals surface area contributed by atoms with Crippen LogP contribution in [0.2, 0.25) is 0 Å². The maximum atomic E-state index is 13.4. The second-order valence-corrected chi connectivity index (χ2v) is 4.73. The van der Waals surface area contributed by atoms with E-state index in [1.165, 1.54) is 0 Å². The van der Waals surface area contributed by atoms with E-state index < -0.39 is 21.9 Å². The van der Waals surface area contributed by atoms with Gasteiger partial charge in [-0.15, -0.1) is 0 Å². The molecule has 0 aromatic heterocycles. The van der Waals surface area contributed by atoms with Crippen molar-refractivity contribution < 1.29 is 17.6 Å². The van der Waals surface area contributed by atoms with Gasteiger partial charge in [0, 0.05) is 6.54 Å². The van der Waals surface area contributed by atoms with Crippen LogP contribution in [0.1, 0.15) is 6.92 Å². The van der Waals surface area contributed by atoms with Crippen LogP contribution in [0, 0.1) is 5.82 Å². The molecule has 4 N–H and O–H groups in total. The lowest BCUT2D eigenvalue weighted by molar-refractivity contribution is 0.252. The zero-order chi connectivity index (χ0) is 13.1. The summed E-state index contributed by atoms with van der Waals surface area (Å²) >= 11 is 0. The number of amides is 2. The zero-order valence-electron chi connectivity index (χ0n) is 9.03. The van der Waals surface area contributed by atoms with E-state index >= 15 is 0 Å². The summed E-state index contributed by atoms with van der Waals surface area (Å²) < 4.78 is 35.3. The summed E-state index contributed by atoms with van der Waals surface area (Å²) in [5.41, 5.74) is -0.122. The van der Waals surface area contributed by atoms with Crippen LogP contribution in [0.25, 0.3) is 0 Å². The Balaban J connectivity index is 2.95. The molecule has 8 heteroatoms. The molecule has 2 amide bonds. The minimum atomic E-state index is -3.95. The topological polar surface area (TPSA) is 101 Å². The molecule has 0 spiro atoms. The van der Waals surface area contributed by atoms with E-state index in [0.717, 1.165) is 18.2 Å². The minimum Gasteiger partial charge on any atom is -0.338 e. The van der Waals surface area contributed by atoms with Gasteiger partial charge in [-0.25, -0.2) is 22.7 Å². The van der Waals surface area contributed by atoms with E-state index in [-0.39, 0.29) is 10.6 Å². The van der Waals surface area contributed by atoms with Crippen molar-refractivity contribution in [3.8, 4) is 0 Å². The number of carbonyl (C=O) groups excluding carboxylic acids is 1. The average molecular weight is 261 g/mol. The molecule has 0 radical (unpaired) electrons. The third-order valence-electron chi connectivity index (χ3n) is 1.85. The number of nitrogens with one attached hydrogen (secondary N) is 2. The van der Waals surface area contributed by atoms with Crippen molar-refractivity contribution in [2.45, 2.75) is 11.8 Å². The van der Waals surface area contributed by atoms with Crippen LogP contribution >= 0.6 is 0 Å². The van der Waals surface area contributed by atoms with Crippen LogP contribution < -0.4 is 15.8 Å². The fourth-order valence-corrected chi connectivity index (χ4v) is 1.63. The number of nitrogens with two attached hydrogens (primary N) is 1. The molecule has 0 unspecified atom stereocenters. The van der Waals surface area contributed by atoms with Gasteiger partial charge in [0.05, 0.1) is 10.6 Å². The number of sulfonamides is 1. The summed E-state index contributed by atoms with van der Waals surface area (Å²) in [7, 11) is -3.95. The number of hydrogen-bond donors (Lipinski definition) is 3. The summed E-state index contributed by atoms with van der Waals surface area (Å²) in [6.45, 7) is 2.10. The molecule has 0 saturated carbocycles. The molecule has 0 saturated heterocycles. The first-order chi connectivity index (χ1) is 7.84. The quantitative estimate of drug-likeness (QED) is 0.743. The second-order valence-electron chi connectivity index (χ2n) is 3.17. The van der Waals surface area contributed by atoms with Gasteiger partial charge < -0.3 is 10.6 Å². The maximum absolute atomic E-state index is 13.4. The molecule has 0 atom stereocenters. The maximum Gasteiger partial charge on any atom is 0.319 e. The fourth-order valence-electron chi connectivity index (χ4n) is 1.10. The highest BCUT2D eigenvalue weighted by Gasteiger charge is 2.12. The molecule has 1 aromatic carbocycles. The van der Waals surface area contributed by atoms with Gasteiger partial charge in [-0.2, -0.15) is 0 Å². The lowest BCUT2D eigenvalue weighted by atomic mass is 10.3. The molecule has 17 heavy (non-hydrogen) atoms. The number of halogens is 1. The van der Waals surface area contributed by atoms with Crippen LogP contribution in [0.3, 0.4) is 0 Å². The van der Waals surface area contributed by atoms with Crippen molar-refractivity contribution in [2.24, 2.45) is 5.14 Å². The Hall–Kier alpha value is -1.67. The molecular formula is C9H12FN3O3S. The molecule has 6 nitrogen and oxygen atoms in total. The van der Waals surface area contributed by atoms with Crippen molar-refractivity contribution in [3.63, 3.8) is 0 Å². The van der Waals surface area contributed by atoms with Crippen molar-refractivity contribution >= 4 is 21.7 Å². The normalized spacial score (nSPS) is 11.0. The molecule has 0 heterocycles. The Labute approximate surface area is 98.1 Å². The molecule has 94 valence electrons. The van der Waals surface area contributed by atoms with Crippen LogP contribution in [-0.2, 0) is 10.0 Å². The van der Waals surface area contributed by atoms with Crippen LogP contribution in [0.15, 0.2) is 23.1 Å². The standard InChI is InChI=1S/C9H12FN3O3S/c1-2-12-9(14)13-8-4-3-6(5-7(8)10)17(11,15)16/h3-5H,2H2,1H3,(H2,11,15,16)(H2,12,13,14). The van der Waals surface area contributed by atoms with Gasteiger partial charge in [0.2, 0.25) is 10.0 Å². The lowest BCUT2D eigenvalue weighted by Crippen LogP contribution is -2.28. The lowest BCUT2D eigenvalue weighted by Gasteiger charge is -2.07. The van der Waals surface area contributed by atoms with E-state index in [4.69, 9.17) is 5.14 Å². The Morgan fingerprint density at radius 1 is 1.47 bits per heavy atom. The van der Waals surface area contributed by atoms with Gasteiger partial charge in [0.1, 0.15) is 5.82 Å². The summed E-state index contributed by atoms with van der Waals surface area (Å²) in [4.78, 5) is 10.8. The van der Waals surface area contributed by atoms with Crippen molar-refractivity contribution in [1.29, 1.82) is 0 Å². The smallest absolute Gasteiger partial charge is 0.319 e. The number of anilines is 1. The molecule has 0 aliphatic carbocycles. The zero-order valence-corrected chi connectivity index (χ0v) is 9.84. The van der Waals surface area contributed by atoms with Gasteiger partial charge >= 0.3 is 6.03 Å². The molecular weight excluding hydrogens is 249 g/mol. The van der Waals surface area contributed by atoms with E-state index in [2.05, 4.69) is 10.6 Å². The average Bonchev–Trinajstić information content (AvgIpc) is 2.20. The third-order valence-corrected chi connectivity index (χ3v) is 2.77. The van der Waals surface area contributed by atoms with Crippen molar-refractivity contribution in [2.75, 3.05) is 11.9 Å². The van der Waals surface area contributed by atoms with Crippen LogP contribution in [-0.4, -0.2) is 21.0 Å². The molecule has 0 fully saturated rings. The third kappa shape index (κ3) is 3.68. The number of benzene rings is 1. The molecule has 1 rings (SSSR count). The second kappa shape index (κ2) is 5.11. The Morgan fingerprint density at radius 3 is 2.59 bits per heavy atom. The number of carbonyl (C=O) groups is 1. The number of rotatable bonds is 3. The highest BCUT2D eigenvalue weighted by atomic mass is 32.2. The summed E-state index contributed by atoms with van der Waals surface area (Å²) in [5, 5.41) is 9.47.